The van der Waals surface area contributed by atoms with Crippen LogP contribution in [0.5, 0.6) is 0 Å². The van der Waals surface area contributed by atoms with Crippen LogP contribution in [0.1, 0.15) is 13.3 Å². The minimum Gasteiger partial charge on any atom is -0.306 e. The fraction of sp³-hybridized carbons (Fsp3) is 0.750. The lowest BCUT2D eigenvalue weighted by Crippen LogP contribution is -2.26. The normalized spacial score (nSPS) is 10.6. The van der Waals surface area contributed by atoms with Gasteiger partial charge in [0.25, 0.3) is 0 Å². The highest BCUT2D eigenvalue weighted by atomic mass is 32.2. The molecule has 0 spiro atoms. The Balaban J connectivity index is 3.21. The molecule has 0 aromatic rings. The summed E-state index contributed by atoms with van der Waals surface area (Å²) >= 11 is 0. The number of rotatable bonds is 6. The van der Waals surface area contributed by atoms with Crippen LogP contribution in [0.2, 0.25) is 0 Å². The van der Waals surface area contributed by atoms with Crippen LogP contribution in [0.3, 0.4) is 0 Å². The summed E-state index contributed by atoms with van der Waals surface area (Å²) in [5.74, 6) is 5.61. The topological polar surface area (TPSA) is 58.2 Å². The summed E-state index contributed by atoms with van der Waals surface area (Å²) in [6.07, 6.45) is 1.93. The third-order valence-electron chi connectivity index (χ3n) is 1.28. The van der Waals surface area contributed by atoms with Crippen molar-refractivity contribution in [2.45, 2.75) is 13.3 Å². The van der Waals surface area contributed by atoms with E-state index in [1.165, 1.54) is 0 Å². The van der Waals surface area contributed by atoms with Crippen molar-refractivity contribution < 1.29 is 8.42 Å². The van der Waals surface area contributed by atoms with E-state index in [9.17, 15) is 8.42 Å². The monoisotopic (exact) mass is 204 g/mol. The van der Waals surface area contributed by atoms with Crippen LogP contribution in [0.25, 0.3) is 0 Å². The lowest BCUT2D eigenvalue weighted by atomic mass is 10.4. The van der Waals surface area contributed by atoms with E-state index in [4.69, 9.17) is 0 Å². The number of hydrogen-bond acceptors (Lipinski definition) is 3. The molecule has 0 aromatic heterocycles. The van der Waals surface area contributed by atoms with Gasteiger partial charge in [0.05, 0.1) is 12.8 Å². The van der Waals surface area contributed by atoms with Crippen LogP contribution in [0.15, 0.2) is 0 Å². The highest BCUT2D eigenvalue weighted by molar-refractivity contribution is 7.88. The summed E-state index contributed by atoms with van der Waals surface area (Å²) in [4.78, 5) is 0. The van der Waals surface area contributed by atoms with Gasteiger partial charge in [0.2, 0.25) is 10.0 Å². The summed E-state index contributed by atoms with van der Waals surface area (Å²) in [5.41, 5.74) is 0. The molecular weight excluding hydrogens is 188 g/mol. The molecule has 0 unspecified atom stereocenters. The Morgan fingerprint density at radius 1 is 1.31 bits per heavy atom. The molecular formula is C8H16N2O2S. The van der Waals surface area contributed by atoms with Gasteiger partial charge in [-0.25, -0.2) is 13.1 Å². The third kappa shape index (κ3) is 11.4. The number of nitrogens with one attached hydrogen (secondary N) is 2. The molecule has 0 saturated heterocycles. The first-order valence-corrected chi connectivity index (χ1v) is 6.00. The van der Waals surface area contributed by atoms with Crippen LogP contribution in [0.4, 0.5) is 0 Å². The lowest BCUT2D eigenvalue weighted by molar-refractivity contribution is 0.582. The van der Waals surface area contributed by atoms with E-state index in [0.717, 1.165) is 19.2 Å². The number of hydrogen-bond donors (Lipinski definition) is 2. The Bertz CT molecular complexity index is 274. The first-order chi connectivity index (χ1) is 6.06. The van der Waals surface area contributed by atoms with Crippen molar-refractivity contribution in [3.05, 3.63) is 0 Å². The van der Waals surface area contributed by atoms with E-state index in [1.54, 1.807) is 6.92 Å². The van der Waals surface area contributed by atoms with Crippen molar-refractivity contribution >= 4 is 10.0 Å². The van der Waals surface area contributed by atoms with Gasteiger partial charge in [-0.1, -0.05) is 5.92 Å². The molecule has 76 valence electrons. The Labute approximate surface area is 80.2 Å². The summed E-state index contributed by atoms with van der Waals surface area (Å²) in [7, 11) is -3.03. The minimum atomic E-state index is -3.03. The van der Waals surface area contributed by atoms with E-state index < -0.39 is 10.0 Å². The van der Waals surface area contributed by atoms with Crippen LogP contribution in [0, 0.1) is 11.8 Å². The van der Waals surface area contributed by atoms with Crippen LogP contribution in [-0.4, -0.2) is 34.3 Å². The van der Waals surface area contributed by atoms with Gasteiger partial charge in [-0.3, -0.25) is 0 Å². The first-order valence-electron chi connectivity index (χ1n) is 4.11. The van der Waals surface area contributed by atoms with Crippen LogP contribution >= 0.6 is 0 Å². The van der Waals surface area contributed by atoms with Gasteiger partial charge in [0, 0.05) is 6.54 Å². The molecule has 0 aromatic carbocycles. The van der Waals surface area contributed by atoms with Gasteiger partial charge in [0.1, 0.15) is 0 Å². The Morgan fingerprint density at radius 3 is 2.54 bits per heavy atom. The molecule has 5 heteroatoms. The molecule has 0 saturated carbocycles. The second-order valence-electron chi connectivity index (χ2n) is 2.62. The zero-order valence-corrected chi connectivity index (χ0v) is 8.87. The molecule has 0 aliphatic rings. The third-order valence-corrected chi connectivity index (χ3v) is 2.01. The predicted molar refractivity (Wildman–Crippen MR) is 53.8 cm³/mol. The standard InChI is InChI=1S/C8H16N2O2S/c1-3-4-6-9-7-5-8-10-13(2,11)12/h9-10H,5-8H2,1-2H3. The predicted octanol–water partition coefficient (Wildman–Crippen LogP) is -0.461. The van der Waals surface area contributed by atoms with E-state index in [2.05, 4.69) is 21.9 Å². The van der Waals surface area contributed by atoms with Crippen molar-refractivity contribution in [1.82, 2.24) is 10.0 Å². The molecule has 0 bridgehead atoms. The van der Waals surface area contributed by atoms with Gasteiger partial charge in [-0.05, 0) is 19.9 Å². The van der Waals surface area contributed by atoms with Crippen LogP contribution in [-0.2, 0) is 10.0 Å². The molecule has 4 nitrogen and oxygen atoms in total. The fourth-order valence-electron chi connectivity index (χ4n) is 0.710. The summed E-state index contributed by atoms with van der Waals surface area (Å²) in [6.45, 7) is 3.70. The highest BCUT2D eigenvalue weighted by Gasteiger charge is 1.97. The van der Waals surface area contributed by atoms with Crippen molar-refractivity contribution in [2.24, 2.45) is 0 Å². The van der Waals surface area contributed by atoms with E-state index in [0.29, 0.717) is 13.1 Å². The van der Waals surface area contributed by atoms with Gasteiger partial charge < -0.3 is 5.32 Å². The van der Waals surface area contributed by atoms with Gasteiger partial charge in [-0.15, -0.1) is 5.92 Å². The van der Waals surface area contributed by atoms with E-state index in [1.807, 2.05) is 0 Å². The Hall–Kier alpha value is -0.570. The SMILES string of the molecule is CC#CCNCCCNS(C)(=O)=O. The summed E-state index contributed by atoms with van der Waals surface area (Å²) in [6, 6.07) is 0. The molecule has 0 fully saturated rings. The molecule has 0 aliphatic heterocycles. The molecule has 0 heterocycles. The largest absolute Gasteiger partial charge is 0.306 e. The quantitative estimate of drug-likeness (QED) is 0.454. The summed E-state index contributed by atoms with van der Waals surface area (Å²) in [5, 5.41) is 3.06. The lowest BCUT2D eigenvalue weighted by Gasteiger charge is -2.01. The molecule has 0 atom stereocenters. The zero-order chi connectivity index (χ0) is 10.2. The maximum atomic E-state index is 10.6. The zero-order valence-electron chi connectivity index (χ0n) is 8.05. The highest BCUT2D eigenvalue weighted by Crippen LogP contribution is 1.77. The fourth-order valence-corrected chi connectivity index (χ4v) is 1.23. The molecule has 0 radical (unpaired) electrons. The molecule has 0 amide bonds. The average molecular weight is 204 g/mol. The van der Waals surface area contributed by atoms with Gasteiger partial charge >= 0.3 is 0 Å². The molecule has 2 N–H and O–H groups in total. The molecule has 0 aliphatic carbocycles. The molecule has 0 rings (SSSR count). The van der Waals surface area contributed by atoms with E-state index >= 15 is 0 Å². The maximum absolute atomic E-state index is 10.6. The minimum absolute atomic E-state index is 0.478. The Morgan fingerprint density at radius 2 is 2.00 bits per heavy atom. The average Bonchev–Trinajstić information content (AvgIpc) is 2.01. The maximum Gasteiger partial charge on any atom is 0.208 e. The van der Waals surface area contributed by atoms with Gasteiger partial charge in [0.15, 0.2) is 0 Å². The Kier molecular flexibility index (Phi) is 6.59. The van der Waals surface area contributed by atoms with Crippen molar-refractivity contribution in [1.29, 1.82) is 0 Å². The summed E-state index contributed by atoms with van der Waals surface area (Å²) < 4.78 is 23.6. The smallest absolute Gasteiger partial charge is 0.208 e. The van der Waals surface area contributed by atoms with Crippen molar-refractivity contribution in [2.75, 3.05) is 25.9 Å². The first kappa shape index (κ1) is 12.4. The molecule has 13 heavy (non-hydrogen) atoms. The van der Waals surface area contributed by atoms with Crippen molar-refractivity contribution in [3.63, 3.8) is 0 Å². The van der Waals surface area contributed by atoms with E-state index in [-0.39, 0.29) is 0 Å². The van der Waals surface area contributed by atoms with Crippen LogP contribution < -0.4 is 10.0 Å². The van der Waals surface area contributed by atoms with Gasteiger partial charge in [-0.2, -0.15) is 0 Å². The second kappa shape index (κ2) is 6.89. The second-order valence-corrected chi connectivity index (χ2v) is 4.46. The van der Waals surface area contributed by atoms with Crippen molar-refractivity contribution in [3.8, 4) is 11.8 Å². The number of sulfonamides is 1.